The van der Waals surface area contributed by atoms with Gasteiger partial charge in [0, 0.05) is 14.5 Å². The van der Waals surface area contributed by atoms with Gasteiger partial charge in [-0.2, -0.15) is 0 Å². The molecule has 1 aliphatic carbocycles. The van der Waals surface area contributed by atoms with Crippen LogP contribution in [0.2, 0.25) is 0 Å². The second kappa shape index (κ2) is 4.04. The average Bonchev–Trinajstić information content (AvgIpc) is 2.10. The van der Waals surface area contributed by atoms with Gasteiger partial charge < -0.3 is 0 Å². The molecule has 14 heavy (non-hydrogen) atoms. The number of benzene rings is 1. The zero-order chi connectivity index (χ0) is 10.3. The first-order valence-electron chi connectivity index (χ1n) is 4.05. The Kier molecular flexibility index (Phi) is 3.28. The van der Waals surface area contributed by atoms with Crippen molar-refractivity contribution in [2.24, 2.45) is 0 Å². The monoisotopic (exact) mass is 442 g/mol. The smallest absolute Gasteiger partial charge is 0.0813 e. The Morgan fingerprint density at radius 2 is 1.71 bits per heavy atom. The van der Waals surface area contributed by atoms with Gasteiger partial charge in [0.15, 0.2) is 0 Å². The Morgan fingerprint density at radius 3 is 2.36 bits per heavy atom. The molecule has 0 atom stereocenters. The molecule has 74 valence electrons. The molecule has 4 heteroatoms. The van der Waals surface area contributed by atoms with Gasteiger partial charge in [0.2, 0.25) is 0 Å². The van der Waals surface area contributed by atoms with Crippen LogP contribution in [0, 0.1) is 0 Å². The summed E-state index contributed by atoms with van der Waals surface area (Å²) in [5.74, 6) is 0. The number of fused-ring (bicyclic) bond motifs is 1. The Bertz CT molecular complexity index is 407. The van der Waals surface area contributed by atoms with Crippen molar-refractivity contribution in [3.63, 3.8) is 0 Å². The second-order valence-electron chi connectivity index (χ2n) is 3.13. The van der Waals surface area contributed by atoms with Crippen LogP contribution in [0.5, 0.6) is 0 Å². The van der Waals surface area contributed by atoms with Crippen molar-refractivity contribution in [1.29, 1.82) is 0 Å². The molecular weight excluding hydrogens is 440 g/mol. The number of rotatable bonds is 0. The molecule has 0 radical (unpaired) electrons. The lowest BCUT2D eigenvalue weighted by atomic mass is 9.97. The van der Waals surface area contributed by atoms with E-state index in [0.29, 0.717) is 0 Å². The highest BCUT2D eigenvalue weighted by Gasteiger charge is 2.31. The minimum atomic E-state index is -0.146. The van der Waals surface area contributed by atoms with Crippen LogP contribution in [-0.4, -0.2) is 0 Å². The topological polar surface area (TPSA) is 0 Å². The van der Waals surface area contributed by atoms with Gasteiger partial charge in [0.1, 0.15) is 3.23 Å². The van der Waals surface area contributed by atoms with E-state index in [9.17, 15) is 0 Å². The van der Waals surface area contributed by atoms with E-state index >= 15 is 0 Å². The fourth-order valence-corrected chi connectivity index (χ4v) is 4.44. The first kappa shape index (κ1) is 11.4. The van der Waals surface area contributed by atoms with Crippen molar-refractivity contribution in [2.45, 2.75) is 9.65 Å². The molecule has 0 amide bonds. The molecule has 0 nitrogen and oxygen atoms in total. The van der Waals surface area contributed by atoms with Gasteiger partial charge in [-0.3, -0.25) is 0 Å². The Balaban J connectivity index is 2.75. The Labute approximate surface area is 117 Å². The summed E-state index contributed by atoms with van der Waals surface area (Å²) < 4.78 is 2.09. The van der Waals surface area contributed by atoms with Crippen LogP contribution in [0.15, 0.2) is 27.2 Å². The van der Waals surface area contributed by atoms with Crippen molar-refractivity contribution >= 4 is 69.8 Å². The third kappa shape index (κ3) is 1.91. The molecule has 0 aliphatic heterocycles. The fourth-order valence-electron chi connectivity index (χ4n) is 1.53. The fraction of sp³-hybridized carbons (Fsp3) is 0.200. The zero-order valence-electron chi connectivity index (χ0n) is 7.03. The van der Waals surface area contributed by atoms with Crippen LogP contribution in [0.1, 0.15) is 17.5 Å². The number of hydrogen-bond acceptors (Lipinski definition) is 0. The number of alkyl halides is 2. The van der Waals surface area contributed by atoms with Crippen molar-refractivity contribution in [1.82, 2.24) is 0 Å². The summed E-state index contributed by atoms with van der Waals surface area (Å²) in [5.41, 5.74) is 2.47. The standard InChI is InChI=1S/C10H6Br4/c11-7-3-4-8(12)9-6(7)2-1-5-10(9,13)14/h1-4H,5H2. The molecule has 0 spiro atoms. The molecule has 0 N–H and O–H groups in total. The predicted octanol–water partition coefficient (Wildman–Crippen LogP) is 5.57. The lowest BCUT2D eigenvalue weighted by Gasteiger charge is -2.27. The average molecular weight is 446 g/mol. The van der Waals surface area contributed by atoms with Crippen LogP contribution < -0.4 is 0 Å². The van der Waals surface area contributed by atoms with Crippen LogP contribution in [-0.2, 0) is 3.23 Å². The van der Waals surface area contributed by atoms with Crippen LogP contribution in [0.4, 0.5) is 0 Å². The lowest BCUT2D eigenvalue weighted by Crippen LogP contribution is -2.13. The van der Waals surface area contributed by atoms with E-state index in [4.69, 9.17) is 0 Å². The number of hydrogen-bond donors (Lipinski definition) is 0. The minimum Gasteiger partial charge on any atom is -0.0813 e. The molecule has 0 unspecified atom stereocenters. The van der Waals surface area contributed by atoms with E-state index in [1.165, 1.54) is 11.1 Å². The number of halogens is 4. The highest BCUT2D eigenvalue weighted by Crippen LogP contribution is 2.50. The number of allylic oxidation sites excluding steroid dienone is 1. The molecule has 0 saturated heterocycles. The van der Waals surface area contributed by atoms with Gasteiger partial charge in [0.25, 0.3) is 0 Å². The van der Waals surface area contributed by atoms with E-state index in [0.717, 1.165) is 15.4 Å². The SMILES string of the molecule is Brc1ccc(Br)c2c1C=CCC2(Br)Br. The highest BCUT2D eigenvalue weighted by molar-refractivity contribution is 9.24. The summed E-state index contributed by atoms with van der Waals surface area (Å²) in [6.07, 6.45) is 5.24. The Hall–Kier alpha value is 0.880. The van der Waals surface area contributed by atoms with Crippen LogP contribution >= 0.6 is 63.7 Å². The summed E-state index contributed by atoms with van der Waals surface area (Å²) in [7, 11) is 0. The van der Waals surface area contributed by atoms with Gasteiger partial charge in [-0.25, -0.2) is 0 Å². The Morgan fingerprint density at radius 1 is 1.07 bits per heavy atom. The quantitative estimate of drug-likeness (QED) is 0.458. The van der Waals surface area contributed by atoms with Gasteiger partial charge in [0.05, 0.1) is 0 Å². The lowest BCUT2D eigenvalue weighted by molar-refractivity contribution is 0.912. The summed E-state index contributed by atoms with van der Waals surface area (Å²) in [5, 5.41) is 0. The van der Waals surface area contributed by atoms with Gasteiger partial charge in [-0.05, 0) is 24.1 Å². The maximum Gasteiger partial charge on any atom is 0.110 e. The van der Waals surface area contributed by atoms with E-state index < -0.39 is 0 Å². The summed E-state index contributed by atoms with van der Waals surface area (Å²) >= 11 is 14.5. The first-order chi connectivity index (χ1) is 6.52. The zero-order valence-corrected chi connectivity index (χ0v) is 13.4. The van der Waals surface area contributed by atoms with Crippen LogP contribution in [0.25, 0.3) is 6.08 Å². The van der Waals surface area contributed by atoms with E-state index in [1.54, 1.807) is 0 Å². The largest absolute Gasteiger partial charge is 0.110 e. The highest BCUT2D eigenvalue weighted by atomic mass is 79.9. The molecular formula is C10H6Br4. The maximum atomic E-state index is 3.69. The summed E-state index contributed by atoms with van der Waals surface area (Å²) in [4.78, 5) is 0. The molecule has 1 aliphatic rings. The van der Waals surface area contributed by atoms with E-state index in [-0.39, 0.29) is 3.23 Å². The van der Waals surface area contributed by atoms with Crippen molar-refractivity contribution in [2.75, 3.05) is 0 Å². The maximum absolute atomic E-state index is 3.69. The molecule has 1 aromatic carbocycles. The molecule has 0 fully saturated rings. The summed E-state index contributed by atoms with van der Waals surface area (Å²) in [6.45, 7) is 0. The van der Waals surface area contributed by atoms with Gasteiger partial charge in [-0.15, -0.1) is 0 Å². The van der Waals surface area contributed by atoms with E-state index in [1.807, 2.05) is 0 Å². The predicted molar refractivity (Wildman–Crippen MR) is 75.0 cm³/mol. The first-order valence-corrected chi connectivity index (χ1v) is 7.22. The molecule has 0 saturated carbocycles. The van der Waals surface area contributed by atoms with Crippen molar-refractivity contribution in [3.8, 4) is 0 Å². The second-order valence-corrected chi connectivity index (χ2v) is 8.61. The molecule has 1 aromatic rings. The van der Waals surface area contributed by atoms with Gasteiger partial charge >= 0.3 is 0 Å². The van der Waals surface area contributed by atoms with Gasteiger partial charge in [-0.1, -0.05) is 75.9 Å². The molecule has 2 rings (SSSR count). The van der Waals surface area contributed by atoms with Crippen LogP contribution in [0.3, 0.4) is 0 Å². The third-order valence-electron chi connectivity index (χ3n) is 2.17. The van der Waals surface area contributed by atoms with Crippen molar-refractivity contribution in [3.05, 3.63) is 38.3 Å². The van der Waals surface area contributed by atoms with Crippen molar-refractivity contribution < 1.29 is 0 Å². The van der Waals surface area contributed by atoms with E-state index in [2.05, 4.69) is 88.0 Å². The molecule has 0 heterocycles. The summed E-state index contributed by atoms with van der Waals surface area (Å²) in [6, 6.07) is 4.11. The molecule has 0 aromatic heterocycles. The normalized spacial score (nSPS) is 18.0. The third-order valence-corrected chi connectivity index (χ3v) is 4.96. The minimum absolute atomic E-state index is 0.146. The molecule has 0 bridgehead atoms.